The summed E-state index contributed by atoms with van der Waals surface area (Å²) < 4.78 is 0. The molecular formula is C27H22ClNOS. The monoisotopic (exact) mass is 443 g/mol. The molecule has 5 rings (SSSR count). The fourth-order valence-corrected chi connectivity index (χ4v) is 5.43. The summed E-state index contributed by atoms with van der Waals surface area (Å²) in [7, 11) is 0. The second-order valence-corrected chi connectivity index (χ2v) is 9.46. The number of hydrogen-bond acceptors (Lipinski definition) is 2. The van der Waals surface area contributed by atoms with Crippen molar-refractivity contribution in [3.05, 3.63) is 117 Å². The van der Waals surface area contributed by atoms with Crippen LogP contribution in [-0.4, -0.2) is 17.4 Å². The minimum atomic E-state index is -0.0743. The van der Waals surface area contributed by atoms with Crippen LogP contribution in [0.25, 0.3) is 10.4 Å². The molecule has 1 aliphatic rings. The van der Waals surface area contributed by atoms with Gasteiger partial charge in [0.15, 0.2) is 0 Å². The van der Waals surface area contributed by atoms with E-state index >= 15 is 0 Å². The largest absolute Gasteiger partial charge is 0.326 e. The van der Waals surface area contributed by atoms with Crippen LogP contribution in [0.4, 0.5) is 0 Å². The van der Waals surface area contributed by atoms with Crippen LogP contribution >= 0.6 is 22.9 Å². The first-order chi connectivity index (χ1) is 15.1. The normalized spacial score (nSPS) is 15.5. The first kappa shape index (κ1) is 20.0. The SMILES string of the molecule is Cc1ccc([C@@H]2c3ccccc3CCN2C(=O)c2ccc(-c3cccc(Cl)c3)s2)cc1. The Balaban J connectivity index is 1.52. The quantitative estimate of drug-likeness (QED) is 0.328. The number of carbonyl (C=O) groups excluding carboxylic acids is 1. The predicted molar refractivity (Wildman–Crippen MR) is 129 cm³/mol. The molecule has 0 bridgehead atoms. The summed E-state index contributed by atoms with van der Waals surface area (Å²) in [6, 6.07) is 28.7. The van der Waals surface area contributed by atoms with E-state index in [0.717, 1.165) is 27.3 Å². The van der Waals surface area contributed by atoms with Gasteiger partial charge in [-0.3, -0.25) is 4.79 Å². The number of hydrogen-bond donors (Lipinski definition) is 0. The number of fused-ring (bicyclic) bond motifs is 1. The molecule has 0 N–H and O–H groups in total. The van der Waals surface area contributed by atoms with Crippen molar-refractivity contribution in [3.8, 4) is 10.4 Å². The Hall–Kier alpha value is -2.88. The van der Waals surface area contributed by atoms with Crippen molar-refractivity contribution in [2.45, 2.75) is 19.4 Å². The van der Waals surface area contributed by atoms with Crippen LogP contribution in [-0.2, 0) is 6.42 Å². The van der Waals surface area contributed by atoms with Crippen LogP contribution < -0.4 is 0 Å². The standard InChI is InChI=1S/C27H22ClNOS/c1-18-9-11-20(12-10-18)26-23-8-3-2-5-19(23)15-16-29(26)27(30)25-14-13-24(31-25)21-6-4-7-22(28)17-21/h2-14,17,26H,15-16H2,1H3/t26-/m1/s1. The molecule has 3 aromatic carbocycles. The highest BCUT2D eigenvalue weighted by Crippen LogP contribution is 2.38. The van der Waals surface area contributed by atoms with E-state index in [1.165, 1.54) is 28.0 Å². The van der Waals surface area contributed by atoms with E-state index in [1.807, 2.05) is 41.3 Å². The van der Waals surface area contributed by atoms with Crippen LogP contribution in [0.2, 0.25) is 5.02 Å². The van der Waals surface area contributed by atoms with Crippen molar-refractivity contribution in [1.82, 2.24) is 4.90 Å². The van der Waals surface area contributed by atoms with Crippen LogP contribution in [0, 0.1) is 6.92 Å². The Labute approximate surface area is 191 Å². The van der Waals surface area contributed by atoms with Gasteiger partial charge in [-0.15, -0.1) is 11.3 Å². The fraction of sp³-hybridized carbons (Fsp3) is 0.148. The lowest BCUT2D eigenvalue weighted by molar-refractivity contribution is 0.0699. The van der Waals surface area contributed by atoms with Crippen molar-refractivity contribution < 1.29 is 4.79 Å². The van der Waals surface area contributed by atoms with E-state index in [4.69, 9.17) is 11.6 Å². The first-order valence-corrected chi connectivity index (χ1v) is 11.6. The zero-order chi connectivity index (χ0) is 21.4. The third-order valence-electron chi connectivity index (χ3n) is 5.86. The van der Waals surface area contributed by atoms with Gasteiger partial charge in [0.1, 0.15) is 0 Å². The zero-order valence-electron chi connectivity index (χ0n) is 17.2. The molecule has 1 aromatic heterocycles. The predicted octanol–water partition coefficient (Wildman–Crippen LogP) is 7.16. The van der Waals surface area contributed by atoms with Crippen molar-refractivity contribution in [3.63, 3.8) is 0 Å². The Morgan fingerprint density at radius 3 is 2.58 bits per heavy atom. The van der Waals surface area contributed by atoms with Crippen molar-refractivity contribution >= 4 is 28.8 Å². The molecule has 31 heavy (non-hydrogen) atoms. The molecule has 2 nitrogen and oxygen atoms in total. The molecule has 0 unspecified atom stereocenters. The van der Waals surface area contributed by atoms with Gasteiger partial charge in [0, 0.05) is 16.4 Å². The number of halogens is 1. The lowest BCUT2D eigenvalue weighted by atomic mass is 9.88. The topological polar surface area (TPSA) is 20.3 Å². The van der Waals surface area contributed by atoms with Crippen LogP contribution in [0.3, 0.4) is 0 Å². The minimum Gasteiger partial charge on any atom is -0.326 e. The second-order valence-electron chi connectivity index (χ2n) is 7.93. The van der Waals surface area contributed by atoms with Crippen molar-refractivity contribution in [2.24, 2.45) is 0 Å². The van der Waals surface area contributed by atoms with E-state index in [0.29, 0.717) is 11.6 Å². The molecule has 0 aliphatic carbocycles. The van der Waals surface area contributed by atoms with E-state index < -0.39 is 0 Å². The lowest BCUT2D eigenvalue weighted by Gasteiger charge is -2.37. The molecule has 0 radical (unpaired) electrons. The van der Waals surface area contributed by atoms with Crippen LogP contribution in [0.1, 0.15) is 38.0 Å². The van der Waals surface area contributed by atoms with Crippen molar-refractivity contribution in [2.75, 3.05) is 6.54 Å². The number of thiophene rings is 1. The Bertz CT molecular complexity index is 1240. The number of rotatable bonds is 3. The molecule has 1 amide bonds. The van der Waals surface area contributed by atoms with Crippen LogP contribution in [0.5, 0.6) is 0 Å². The second kappa shape index (κ2) is 8.33. The summed E-state index contributed by atoms with van der Waals surface area (Å²) in [5.41, 5.74) is 5.95. The zero-order valence-corrected chi connectivity index (χ0v) is 18.8. The van der Waals surface area contributed by atoms with E-state index in [-0.39, 0.29) is 11.9 Å². The van der Waals surface area contributed by atoms with Gasteiger partial charge in [0.25, 0.3) is 5.91 Å². The number of carbonyl (C=O) groups is 1. The molecule has 4 heteroatoms. The summed E-state index contributed by atoms with van der Waals surface area (Å²) in [6.07, 6.45) is 0.872. The fourth-order valence-electron chi connectivity index (χ4n) is 4.28. The third kappa shape index (κ3) is 3.91. The molecule has 0 spiro atoms. The molecule has 2 heterocycles. The molecule has 1 atom stereocenters. The summed E-state index contributed by atoms with van der Waals surface area (Å²) >= 11 is 7.69. The molecule has 0 saturated carbocycles. The minimum absolute atomic E-state index is 0.0743. The Kier molecular flexibility index (Phi) is 5.39. The highest BCUT2D eigenvalue weighted by atomic mass is 35.5. The van der Waals surface area contributed by atoms with Crippen LogP contribution in [0.15, 0.2) is 84.9 Å². The first-order valence-electron chi connectivity index (χ1n) is 10.4. The molecule has 0 saturated heterocycles. The number of benzene rings is 3. The third-order valence-corrected chi connectivity index (χ3v) is 7.22. The van der Waals surface area contributed by atoms with Gasteiger partial charge in [-0.1, -0.05) is 77.8 Å². The Morgan fingerprint density at radius 2 is 1.77 bits per heavy atom. The average Bonchev–Trinajstić information content (AvgIpc) is 3.29. The molecule has 4 aromatic rings. The van der Waals surface area contributed by atoms with Gasteiger partial charge in [-0.2, -0.15) is 0 Å². The van der Waals surface area contributed by atoms with E-state index in [2.05, 4.69) is 55.5 Å². The molecule has 154 valence electrons. The van der Waals surface area contributed by atoms with E-state index in [1.54, 1.807) is 0 Å². The van der Waals surface area contributed by atoms with Gasteiger partial charge in [0.2, 0.25) is 0 Å². The maximum Gasteiger partial charge on any atom is 0.264 e. The number of nitrogens with zero attached hydrogens (tertiary/aromatic N) is 1. The summed E-state index contributed by atoms with van der Waals surface area (Å²) in [5.74, 6) is 0.0818. The molecular weight excluding hydrogens is 422 g/mol. The summed E-state index contributed by atoms with van der Waals surface area (Å²) in [4.78, 5) is 17.5. The maximum absolute atomic E-state index is 13.7. The highest BCUT2D eigenvalue weighted by molar-refractivity contribution is 7.17. The van der Waals surface area contributed by atoms with Gasteiger partial charge in [0.05, 0.1) is 10.9 Å². The summed E-state index contributed by atoms with van der Waals surface area (Å²) in [5, 5.41) is 0.700. The molecule has 0 fully saturated rings. The van der Waals surface area contributed by atoms with E-state index in [9.17, 15) is 4.79 Å². The Morgan fingerprint density at radius 1 is 0.968 bits per heavy atom. The van der Waals surface area contributed by atoms with Gasteiger partial charge in [-0.05, 0) is 59.9 Å². The highest BCUT2D eigenvalue weighted by Gasteiger charge is 2.33. The lowest BCUT2D eigenvalue weighted by Crippen LogP contribution is -2.40. The van der Waals surface area contributed by atoms with Crippen molar-refractivity contribution in [1.29, 1.82) is 0 Å². The number of amides is 1. The summed E-state index contributed by atoms with van der Waals surface area (Å²) in [6.45, 7) is 2.79. The maximum atomic E-state index is 13.7. The number of aryl methyl sites for hydroxylation is 1. The molecule has 1 aliphatic heterocycles. The average molecular weight is 444 g/mol. The van der Waals surface area contributed by atoms with Gasteiger partial charge < -0.3 is 4.90 Å². The smallest absolute Gasteiger partial charge is 0.264 e. The van der Waals surface area contributed by atoms with Gasteiger partial charge in [-0.25, -0.2) is 0 Å². The van der Waals surface area contributed by atoms with Gasteiger partial charge >= 0.3 is 0 Å².